The van der Waals surface area contributed by atoms with Crippen molar-refractivity contribution in [3.8, 4) is 0 Å². The highest BCUT2D eigenvalue weighted by atomic mass is 32.1. The third-order valence-electron chi connectivity index (χ3n) is 5.39. The summed E-state index contributed by atoms with van der Waals surface area (Å²) in [4.78, 5) is 28.8. The van der Waals surface area contributed by atoms with Gasteiger partial charge in [-0.05, 0) is 38.2 Å². The molecule has 0 saturated carbocycles. The number of fused-ring (bicyclic) bond motifs is 3. The van der Waals surface area contributed by atoms with Gasteiger partial charge in [-0.15, -0.1) is 17.9 Å². The second kappa shape index (κ2) is 7.94. The zero-order valence-corrected chi connectivity index (χ0v) is 16.8. The first-order valence-electron chi connectivity index (χ1n) is 9.79. The second-order valence-corrected chi connectivity index (χ2v) is 8.43. The summed E-state index contributed by atoms with van der Waals surface area (Å²) in [5.74, 6) is 2.02. The molecule has 2 aliphatic rings. The highest BCUT2D eigenvalue weighted by molar-refractivity contribution is 7.19. The molecular weight excluding hydrogens is 358 g/mol. The van der Waals surface area contributed by atoms with Gasteiger partial charge in [0.25, 0.3) is 0 Å². The Morgan fingerprint density at radius 1 is 1.22 bits per heavy atom. The quantitative estimate of drug-likeness (QED) is 0.801. The standard InChI is InChI=1S/C20H27N5OS/c1-3-8-21-17(26)13-24-9-11-25(12-10-24)19-18-15-6-4-5-7-16(15)27-20(18)23-14(2)22-19/h3H,1,4-13H2,2H3,(H,21,26). The van der Waals surface area contributed by atoms with Crippen molar-refractivity contribution >= 4 is 33.3 Å². The van der Waals surface area contributed by atoms with Gasteiger partial charge >= 0.3 is 0 Å². The Hall–Kier alpha value is -1.99. The summed E-state index contributed by atoms with van der Waals surface area (Å²) in [6.45, 7) is 10.1. The number of aromatic nitrogens is 2. The van der Waals surface area contributed by atoms with Crippen LogP contribution in [0, 0.1) is 6.92 Å². The highest BCUT2D eigenvalue weighted by Gasteiger charge is 2.26. The number of hydrogen-bond donors (Lipinski definition) is 1. The van der Waals surface area contributed by atoms with E-state index in [4.69, 9.17) is 9.97 Å². The molecule has 1 amide bonds. The number of carbonyl (C=O) groups is 1. The van der Waals surface area contributed by atoms with Gasteiger partial charge in [-0.1, -0.05) is 6.08 Å². The molecule has 3 heterocycles. The van der Waals surface area contributed by atoms with Crippen molar-refractivity contribution in [3.05, 3.63) is 28.9 Å². The third-order valence-corrected chi connectivity index (χ3v) is 6.58. The lowest BCUT2D eigenvalue weighted by Crippen LogP contribution is -2.49. The summed E-state index contributed by atoms with van der Waals surface area (Å²) in [6.07, 6.45) is 6.59. The van der Waals surface area contributed by atoms with Crippen LogP contribution in [0.1, 0.15) is 29.1 Å². The Bertz CT molecular complexity index is 854. The van der Waals surface area contributed by atoms with Crippen molar-refractivity contribution in [2.75, 3.05) is 44.2 Å². The molecule has 144 valence electrons. The van der Waals surface area contributed by atoms with E-state index in [9.17, 15) is 4.79 Å². The first kappa shape index (κ1) is 18.4. The number of piperazine rings is 1. The number of nitrogens with one attached hydrogen (secondary N) is 1. The van der Waals surface area contributed by atoms with E-state index in [0.29, 0.717) is 13.1 Å². The molecule has 1 aliphatic heterocycles. The molecular formula is C20H27N5OS. The molecule has 1 N–H and O–H groups in total. The second-order valence-electron chi connectivity index (χ2n) is 7.34. The van der Waals surface area contributed by atoms with Gasteiger partial charge < -0.3 is 10.2 Å². The van der Waals surface area contributed by atoms with E-state index >= 15 is 0 Å². The maximum Gasteiger partial charge on any atom is 0.234 e. The number of rotatable bonds is 5. The van der Waals surface area contributed by atoms with Gasteiger partial charge in [0, 0.05) is 37.6 Å². The molecule has 27 heavy (non-hydrogen) atoms. The molecule has 0 aromatic carbocycles. The van der Waals surface area contributed by atoms with Crippen LogP contribution < -0.4 is 10.2 Å². The fraction of sp³-hybridized carbons (Fsp3) is 0.550. The maximum atomic E-state index is 11.9. The first-order chi connectivity index (χ1) is 13.2. The van der Waals surface area contributed by atoms with Gasteiger partial charge in [-0.3, -0.25) is 9.69 Å². The number of thiophene rings is 1. The monoisotopic (exact) mass is 385 g/mol. The van der Waals surface area contributed by atoms with Gasteiger partial charge in [0.1, 0.15) is 16.5 Å². The van der Waals surface area contributed by atoms with Crippen molar-refractivity contribution < 1.29 is 4.79 Å². The average Bonchev–Trinajstić information content (AvgIpc) is 3.04. The van der Waals surface area contributed by atoms with Crippen LogP contribution in [0.25, 0.3) is 10.2 Å². The number of amides is 1. The number of aryl methyl sites for hydroxylation is 3. The van der Waals surface area contributed by atoms with Crippen LogP contribution in [0.5, 0.6) is 0 Å². The van der Waals surface area contributed by atoms with Crippen LogP contribution in [0.3, 0.4) is 0 Å². The van der Waals surface area contributed by atoms with Gasteiger partial charge in [0.15, 0.2) is 0 Å². The molecule has 0 unspecified atom stereocenters. The van der Waals surface area contributed by atoms with Crippen LogP contribution >= 0.6 is 11.3 Å². The topological polar surface area (TPSA) is 61.4 Å². The molecule has 1 fully saturated rings. The van der Waals surface area contributed by atoms with Crippen molar-refractivity contribution in [1.29, 1.82) is 0 Å². The number of hydrogen-bond acceptors (Lipinski definition) is 6. The molecule has 6 nitrogen and oxygen atoms in total. The maximum absolute atomic E-state index is 11.9. The van der Waals surface area contributed by atoms with E-state index in [1.54, 1.807) is 6.08 Å². The van der Waals surface area contributed by atoms with Crippen molar-refractivity contribution in [3.63, 3.8) is 0 Å². The Morgan fingerprint density at radius 2 is 2.00 bits per heavy atom. The van der Waals surface area contributed by atoms with E-state index in [-0.39, 0.29) is 5.91 Å². The third kappa shape index (κ3) is 3.84. The van der Waals surface area contributed by atoms with E-state index < -0.39 is 0 Å². The molecule has 0 radical (unpaired) electrons. The molecule has 0 atom stereocenters. The van der Waals surface area contributed by atoms with Crippen molar-refractivity contribution in [2.45, 2.75) is 32.6 Å². The SMILES string of the molecule is C=CCNC(=O)CN1CCN(c2nc(C)nc3sc4c(c23)CCCC4)CC1. The van der Waals surface area contributed by atoms with E-state index in [1.165, 1.54) is 35.1 Å². The summed E-state index contributed by atoms with van der Waals surface area (Å²) < 4.78 is 0. The van der Waals surface area contributed by atoms with Gasteiger partial charge in [0.2, 0.25) is 5.91 Å². The first-order valence-corrected chi connectivity index (χ1v) is 10.6. The minimum Gasteiger partial charge on any atom is -0.353 e. The number of carbonyl (C=O) groups excluding carboxylic acids is 1. The van der Waals surface area contributed by atoms with Crippen LogP contribution in [0.2, 0.25) is 0 Å². The molecule has 0 spiro atoms. The summed E-state index contributed by atoms with van der Waals surface area (Å²) in [5, 5.41) is 4.14. The predicted molar refractivity (Wildman–Crippen MR) is 111 cm³/mol. The normalized spacial score (nSPS) is 17.7. The Labute approximate surface area is 164 Å². The summed E-state index contributed by atoms with van der Waals surface area (Å²) in [7, 11) is 0. The summed E-state index contributed by atoms with van der Waals surface area (Å²) in [5.41, 5.74) is 1.49. The summed E-state index contributed by atoms with van der Waals surface area (Å²) >= 11 is 1.86. The predicted octanol–water partition coefficient (Wildman–Crippen LogP) is 2.30. The molecule has 0 bridgehead atoms. The van der Waals surface area contributed by atoms with Crippen molar-refractivity contribution in [1.82, 2.24) is 20.2 Å². The Kier molecular flexibility index (Phi) is 5.41. The average molecular weight is 386 g/mol. The lowest BCUT2D eigenvalue weighted by Gasteiger charge is -2.35. The lowest BCUT2D eigenvalue weighted by atomic mass is 9.97. The zero-order chi connectivity index (χ0) is 18.8. The molecule has 2 aromatic heterocycles. The minimum atomic E-state index is 0.0653. The van der Waals surface area contributed by atoms with Crippen LogP contribution in [0.15, 0.2) is 12.7 Å². The van der Waals surface area contributed by atoms with E-state index in [2.05, 4.69) is 21.7 Å². The van der Waals surface area contributed by atoms with Crippen LogP contribution in [-0.2, 0) is 17.6 Å². The summed E-state index contributed by atoms with van der Waals surface area (Å²) in [6, 6.07) is 0. The van der Waals surface area contributed by atoms with Crippen LogP contribution in [0.4, 0.5) is 5.82 Å². The lowest BCUT2D eigenvalue weighted by molar-refractivity contribution is -0.122. The Balaban J connectivity index is 1.51. The highest BCUT2D eigenvalue weighted by Crippen LogP contribution is 2.39. The zero-order valence-electron chi connectivity index (χ0n) is 16.0. The molecule has 7 heteroatoms. The fourth-order valence-electron chi connectivity index (χ4n) is 4.03. The largest absolute Gasteiger partial charge is 0.353 e. The molecule has 1 saturated heterocycles. The molecule has 1 aliphatic carbocycles. The van der Waals surface area contributed by atoms with Gasteiger partial charge in [0.05, 0.1) is 11.9 Å². The van der Waals surface area contributed by atoms with E-state index in [1.807, 2.05) is 18.3 Å². The fourth-order valence-corrected chi connectivity index (χ4v) is 5.33. The number of anilines is 1. The minimum absolute atomic E-state index is 0.0653. The van der Waals surface area contributed by atoms with Crippen molar-refractivity contribution in [2.24, 2.45) is 0 Å². The smallest absolute Gasteiger partial charge is 0.234 e. The molecule has 4 rings (SSSR count). The number of nitrogens with zero attached hydrogens (tertiary/aromatic N) is 4. The van der Waals surface area contributed by atoms with Gasteiger partial charge in [-0.2, -0.15) is 0 Å². The van der Waals surface area contributed by atoms with Crippen LogP contribution in [-0.4, -0.2) is 60.0 Å². The van der Waals surface area contributed by atoms with Gasteiger partial charge in [-0.25, -0.2) is 9.97 Å². The Morgan fingerprint density at radius 3 is 2.78 bits per heavy atom. The molecule has 2 aromatic rings. The van der Waals surface area contributed by atoms with E-state index in [0.717, 1.165) is 49.1 Å².